The molecule has 3 heterocycles. The second-order valence-corrected chi connectivity index (χ2v) is 6.20. The van der Waals surface area contributed by atoms with E-state index >= 15 is 0 Å². The van der Waals surface area contributed by atoms with Crippen LogP contribution in [0.3, 0.4) is 0 Å². The molecule has 2 saturated heterocycles. The van der Waals surface area contributed by atoms with Crippen molar-refractivity contribution in [3.05, 3.63) is 24.0 Å². The van der Waals surface area contributed by atoms with E-state index < -0.39 is 0 Å². The zero-order chi connectivity index (χ0) is 16.1. The Hall–Kier alpha value is -1.66. The maximum atomic E-state index is 12.3. The number of carbonyl (C=O) groups is 1. The van der Waals surface area contributed by atoms with E-state index in [2.05, 4.69) is 27.0 Å². The van der Waals surface area contributed by atoms with Crippen molar-refractivity contribution in [2.45, 2.75) is 25.9 Å². The van der Waals surface area contributed by atoms with Gasteiger partial charge in [-0.1, -0.05) is 6.92 Å². The summed E-state index contributed by atoms with van der Waals surface area (Å²) >= 11 is 0. The molecule has 2 fully saturated rings. The van der Waals surface area contributed by atoms with Crippen LogP contribution in [-0.2, 0) is 4.74 Å². The van der Waals surface area contributed by atoms with Crippen LogP contribution < -0.4 is 10.2 Å². The Bertz CT molecular complexity index is 523. The molecule has 2 aliphatic heterocycles. The second kappa shape index (κ2) is 7.75. The van der Waals surface area contributed by atoms with Crippen molar-refractivity contribution < 1.29 is 9.53 Å². The Morgan fingerprint density at radius 3 is 2.87 bits per heavy atom. The molecule has 126 valence electrons. The highest BCUT2D eigenvalue weighted by Gasteiger charge is 2.19. The van der Waals surface area contributed by atoms with Gasteiger partial charge in [0, 0.05) is 45.5 Å². The fraction of sp³-hybridized carbons (Fsp3) is 0.647. The van der Waals surface area contributed by atoms with E-state index in [-0.39, 0.29) is 12.0 Å². The third-order valence-corrected chi connectivity index (χ3v) is 4.68. The van der Waals surface area contributed by atoms with Gasteiger partial charge in [0.2, 0.25) is 0 Å². The van der Waals surface area contributed by atoms with Crippen molar-refractivity contribution in [3.8, 4) is 0 Å². The van der Waals surface area contributed by atoms with Crippen molar-refractivity contribution in [3.63, 3.8) is 0 Å². The van der Waals surface area contributed by atoms with Crippen molar-refractivity contribution in [2.75, 3.05) is 50.8 Å². The Morgan fingerprint density at radius 1 is 1.35 bits per heavy atom. The number of likely N-dealkylation sites (N-methyl/N-ethyl adjacent to an activating group) is 1. The zero-order valence-electron chi connectivity index (χ0n) is 13.8. The molecule has 6 heteroatoms. The van der Waals surface area contributed by atoms with Gasteiger partial charge in [0.1, 0.15) is 0 Å². The van der Waals surface area contributed by atoms with E-state index in [4.69, 9.17) is 4.74 Å². The summed E-state index contributed by atoms with van der Waals surface area (Å²) in [6, 6.07) is 1.94. The highest BCUT2D eigenvalue weighted by Crippen LogP contribution is 2.17. The van der Waals surface area contributed by atoms with Gasteiger partial charge in [-0.15, -0.1) is 0 Å². The number of hydrogen-bond donors (Lipinski definition) is 1. The monoisotopic (exact) mass is 318 g/mol. The van der Waals surface area contributed by atoms with Crippen molar-refractivity contribution in [2.24, 2.45) is 0 Å². The Morgan fingerprint density at radius 2 is 2.17 bits per heavy atom. The Labute approximate surface area is 137 Å². The van der Waals surface area contributed by atoms with Crippen LogP contribution in [-0.4, -0.2) is 67.8 Å². The molecule has 1 aromatic rings. The van der Waals surface area contributed by atoms with E-state index in [1.807, 2.05) is 12.3 Å². The topological polar surface area (TPSA) is 57.7 Å². The van der Waals surface area contributed by atoms with Crippen LogP contribution in [0.25, 0.3) is 0 Å². The van der Waals surface area contributed by atoms with E-state index in [0.717, 1.165) is 57.9 Å². The molecule has 0 radical (unpaired) electrons. The quantitative estimate of drug-likeness (QED) is 0.882. The standard InChI is InChI=1S/C17H26N4O2/c1-2-20-5-7-21(8-6-20)15-10-14(11-18-12-15)17(22)19-13-16-4-3-9-23-16/h10-12,16H,2-9,13H2,1H3,(H,19,22). The molecular weight excluding hydrogens is 292 g/mol. The lowest BCUT2D eigenvalue weighted by Crippen LogP contribution is -2.46. The SMILES string of the molecule is CCN1CCN(c2cncc(C(=O)NCC3CCCO3)c2)CC1. The first-order chi connectivity index (χ1) is 11.3. The van der Waals surface area contributed by atoms with E-state index in [1.54, 1.807) is 6.20 Å². The highest BCUT2D eigenvalue weighted by atomic mass is 16.5. The molecule has 6 nitrogen and oxygen atoms in total. The van der Waals surface area contributed by atoms with E-state index in [0.29, 0.717) is 12.1 Å². The van der Waals surface area contributed by atoms with Crippen LogP contribution in [0.4, 0.5) is 5.69 Å². The molecule has 0 bridgehead atoms. The normalized spacial score (nSPS) is 22.3. The molecule has 1 atom stereocenters. The number of nitrogens with zero attached hydrogens (tertiary/aromatic N) is 3. The molecule has 0 aromatic carbocycles. The Kier molecular flexibility index (Phi) is 5.46. The summed E-state index contributed by atoms with van der Waals surface area (Å²) in [7, 11) is 0. The molecule has 23 heavy (non-hydrogen) atoms. The number of carbonyl (C=O) groups excluding carboxylic acids is 1. The van der Waals surface area contributed by atoms with Gasteiger partial charge in [-0.25, -0.2) is 0 Å². The number of piperazine rings is 1. The van der Waals surface area contributed by atoms with Gasteiger partial charge >= 0.3 is 0 Å². The number of amides is 1. The summed E-state index contributed by atoms with van der Waals surface area (Å²) in [5, 5.41) is 2.96. The van der Waals surface area contributed by atoms with Crippen LogP contribution >= 0.6 is 0 Å². The molecule has 0 saturated carbocycles. The number of hydrogen-bond acceptors (Lipinski definition) is 5. The smallest absolute Gasteiger partial charge is 0.253 e. The number of pyridine rings is 1. The lowest BCUT2D eigenvalue weighted by molar-refractivity contribution is 0.0857. The maximum Gasteiger partial charge on any atom is 0.253 e. The largest absolute Gasteiger partial charge is 0.376 e. The first kappa shape index (κ1) is 16.2. The minimum Gasteiger partial charge on any atom is -0.376 e. The molecule has 0 aliphatic carbocycles. The lowest BCUT2D eigenvalue weighted by Gasteiger charge is -2.35. The second-order valence-electron chi connectivity index (χ2n) is 6.20. The van der Waals surface area contributed by atoms with Gasteiger partial charge in [-0.2, -0.15) is 0 Å². The predicted octanol–water partition coefficient (Wildman–Crippen LogP) is 1.13. The summed E-state index contributed by atoms with van der Waals surface area (Å²) in [5.41, 5.74) is 1.66. The molecule has 1 unspecified atom stereocenters. The zero-order valence-corrected chi connectivity index (χ0v) is 13.8. The fourth-order valence-electron chi connectivity index (χ4n) is 3.16. The van der Waals surface area contributed by atoms with Crippen LogP contribution in [0, 0.1) is 0 Å². The number of aromatic nitrogens is 1. The van der Waals surface area contributed by atoms with Gasteiger partial charge in [0.25, 0.3) is 5.91 Å². The summed E-state index contributed by atoms with van der Waals surface area (Å²) in [5.74, 6) is -0.0676. The molecule has 1 amide bonds. The van der Waals surface area contributed by atoms with Crippen LogP contribution in [0.1, 0.15) is 30.1 Å². The van der Waals surface area contributed by atoms with Crippen molar-refractivity contribution >= 4 is 11.6 Å². The molecule has 0 spiro atoms. The van der Waals surface area contributed by atoms with Gasteiger partial charge in [-0.05, 0) is 25.5 Å². The summed E-state index contributed by atoms with van der Waals surface area (Å²) < 4.78 is 5.54. The average molecular weight is 318 g/mol. The predicted molar refractivity (Wildman–Crippen MR) is 89.9 cm³/mol. The average Bonchev–Trinajstić information content (AvgIpc) is 3.13. The van der Waals surface area contributed by atoms with E-state index in [9.17, 15) is 4.79 Å². The minimum atomic E-state index is -0.0676. The van der Waals surface area contributed by atoms with Crippen LogP contribution in [0.5, 0.6) is 0 Å². The number of nitrogens with one attached hydrogen (secondary N) is 1. The lowest BCUT2D eigenvalue weighted by atomic mass is 10.2. The number of rotatable bonds is 5. The molecule has 2 aliphatic rings. The highest BCUT2D eigenvalue weighted by molar-refractivity contribution is 5.94. The number of ether oxygens (including phenoxy) is 1. The first-order valence-electron chi connectivity index (χ1n) is 8.58. The third-order valence-electron chi connectivity index (χ3n) is 4.68. The van der Waals surface area contributed by atoms with Crippen LogP contribution in [0.2, 0.25) is 0 Å². The Balaban J connectivity index is 1.57. The molecule has 3 rings (SSSR count). The number of anilines is 1. The molecule has 1 N–H and O–H groups in total. The van der Waals surface area contributed by atoms with Gasteiger partial charge in [0.05, 0.1) is 23.6 Å². The fourth-order valence-corrected chi connectivity index (χ4v) is 3.16. The molecular formula is C17H26N4O2. The van der Waals surface area contributed by atoms with Gasteiger partial charge < -0.3 is 19.9 Å². The first-order valence-corrected chi connectivity index (χ1v) is 8.58. The van der Waals surface area contributed by atoms with Gasteiger partial charge in [-0.3, -0.25) is 9.78 Å². The van der Waals surface area contributed by atoms with Crippen LogP contribution in [0.15, 0.2) is 18.5 Å². The van der Waals surface area contributed by atoms with Gasteiger partial charge in [0.15, 0.2) is 0 Å². The van der Waals surface area contributed by atoms with Crippen molar-refractivity contribution in [1.29, 1.82) is 0 Å². The summed E-state index contributed by atoms with van der Waals surface area (Å²) in [4.78, 5) is 21.3. The maximum absolute atomic E-state index is 12.3. The van der Waals surface area contributed by atoms with E-state index in [1.165, 1.54) is 0 Å². The minimum absolute atomic E-state index is 0.0676. The summed E-state index contributed by atoms with van der Waals surface area (Å²) in [6.07, 6.45) is 5.76. The third kappa shape index (κ3) is 4.20. The van der Waals surface area contributed by atoms with Crippen molar-refractivity contribution in [1.82, 2.24) is 15.2 Å². The summed E-state index contributed by atoms with van der Waals surface area (Å²) in [6.45, 7) is 8.76. The molecule has 1 aromatic heterocycles.